The average molecular weight is 402 g/mol. The number of ether oxygens (including phenoxy) is 1. The Morgan fingerprint density at radius 1 is 1.33 bits per heavy atom. The summed E-state index contributed by atoms with van der Waals surface area (Å²) in [5.74, 6) is 6.46. The van der Waals surface area contributed by atoms with Crippen molar-refractivity contribution in [3.63, 3.8) is 0 Å². The molecule has 2 unspecified atom stereocenters. The van der Waals surface area contributed by atoms with Crippen molar-refractivity contribution in [3.05, 3.63) is 41.4 Å². The number of halogens is 1. The molecule has 0 saturated carbocycles. The third-order valence-electron chi connectivity index (χ3n) is 4.16. The smallest absolute Gasteiger partial charge is 0.218 e. The first-order valence-electron chi connectivity index (χ1n) is 8.41. The Hall–Kier alpha value is -2.29. The van der Waals surface area contributed by atoms with Crippen LogP contribution >= 0.6 is 23.4 Å². The second-order valence-electron chi connectivity index (χ2n) is 6.32. The van der Waals surface area contributed by atoms with E-state index in [-0.39, 0.29) is 5.91 Å². The second-order valence-corrected chi connectivity index (χ2v) is 7.65. The van der Waals surface area contributed by atoms with E-state index in [0.29, 0.717) is 16.4 Å². The van der Waals surface area contributed by atoms with Crippen LogP contribution in [0.3, 0.4) is 0 Å². The highest BCUT2D eigenvalue weighted by Crippen LogP contribution is 2.38. The molecule has 140 valence electrons. The first kappa shape index (κ1) is 19.5. The van der Waals surface area contributed by atoms with Crippen LogP contribution in [0.15, 0.2) is 40.8 Å². The van der Waals surface area contributed by atoms with E-state index in [1.54, 1.807) is 13.0 Å². The molecule has 3 aromatic rings. The van der Waals surface area contributed by atoms with Gasteiger partial charge in [0.25, 0.3) is 0 Å². The zero-order valence-corrected chi connectivity index (χ0v) is 17.1. The number of hydrogen-bond acceptors (Lipinski definition) is 4. The van der Waals surface area contributed by atoms with Crippen LogP contribution in [0.4, 0.5) is 0 Å². The molecular formula is C21H20ClNO3S. The van der Waals surface area contributed by atoms with E-state index in [4.69, 9.17) is 20.8 Å². The second kappa shape index (κ2) is 7.75. The Bertz CT molecular complexity index is 1070. The molecule has 4 nitrogen and oxygen atoms in total. The fraction of sp³-hybridized carbons (Fsp3) is 0.286. The number of nitrogens with one attached hydrogen (secondary N) is 1. The first-order valence-corrected chi connectivity index (χ1v) is 10.1. The average Bonchev–Trinajstić information content (AvgIpc) is 2.97. The van der Waals surface area contributed by atoms with Gasteiger partial charge in [0.1, 0.15) is 22.5 Å². The van der Waals surface area contributed by atoms with Crippen LogP contribution in [-0.2, 0) is 4.79 Å². The van der Waals surface area contributed by atoms with Gasteiger partial charge >= 0.3 is 0 Å². The molecule has 0 aliphatic carbocycles. The maximum absolute atomic E-state index is 11.7. The summed E-state index contributed by atoms with van der Waals surface area (Å²) in [7, 11) is 0. The summed E-state index contributed by atoms with van der Waals surface area (Å²) in [5, 5.41) is 5.28. The van der Waals surface area contributed by atoms with Gasteiger partial charge in [-0.1, -0.05) is 23.6 Å². The molecule has 0 radical (unpaired) electrons. The zero-order valence-electron chi connectivity index (χ0n) is 15.6. The summed E-state index contributed by atoms with van der Waals surface area (Å²) in [5.41, 5.74) is 0.180. The van der Waals surface area contributed by atoms with Crippen LogP contribution in [-0.4, -0.2) is 23.1 Å². The van der Waals surface area contributed by atoms with Crippen LogP contribution in [0.25, 0.3) is 21.9 Å². The zero-order chi connectivity index (χ0) is 19.6. The molecule has 2 atom stereocenters. The lowest BCUT2D eigenvalue weighted by Crippen LogP contribution is -2.53. The van der Waals surface area contributed by atoms with Gasteiger partial charge in [0.2, 0.25) is 5.91 Å². The maximum atomic E-state index is 11.7. The number of amides is 1. The number of fused-ring (bicyclic) bond motifs is 3. The summed E-state index contributed by atoms with van der Waals surface area (Å²) >= 11 is 7.66. The Kier molecular flexibility index (Phi) is 5.59. The van der Waals surface area contributed by atoms with Crippen molar-refractivity contribution in [3.8, 4) is 17.6 Å². The van der Waals surface area contributed by atoms with Crippen LogP contribution in [0, 0.1) is 11.8 Å². The fourth-order valence-corrected chi connectivity index (χ4v) is 4.12. The molecule has 1 amide bonds. The van der Waals surface area contributed by atoms with E-state index in [1.807, 2.05) is 43.5 Å². The third kappa shape index (κ3) is 3.87. The first-order chi connectivity index (χ1) is 12.9. The minimum absolute atomic E-state index is 0.165. The molecule has 0 aliphatic rings. The van der Waals surface area contributed by atoms with Gasteiger partial charge in [-0.05, 0) is 50.4 Å². The lowest BCUT2D eigenvalue weighted by Gasteiger charge is -2.33. The van der Waals surface area contributed by atoms with Crippen LogP contribution < -0.4 is 10.1 Å². The number of rotatable bonds is 5. The Morgan fingerprint density at radius 3 is 2.78 bits per heavy atom. The molecule has 1 N–H and O–H groups in total. The van der Waals surface area contributed by atoms with Gasteiger partial charge in [0.15, 0.2) is 5.44 Å². The number of hydrogen-bond donors (Lipinski definition) is 1. The van der Waals surface area contributed by atoms with E-state index in [2.05, 4.69) is 17.2 Å². The van der Waals surface area contributed by atoms with Crippen LogP contribution in [0.1, 0.15) is 20.8 Å². The molecule has 1 heterocycles. The van der Waals surface area contributed by atoms with Crippen molar-refractivity contribution in [2.24, 2.45) is 0 Å². The minimum atomic E-state index is -0.848. The number of carbonyl (C=O) groups excluding carboxylic acids is 1. The van der Waals surface area contributed by atoms with Crippen LogP contribution in [0.5, 0.6) is 5.75 Å². The quantitative estimate of drug-likeness (QED) is 0.470. The summed E-state index contributed by atoms with van der Waals surface area (Å²) < 4.78 is 12.3. The van der Waals surface area contributed by atoms with Gasteiger partial charge in [-0.15, -0.1) is 17.7 Å². The molecular weight excluding hydrogens is 382 g/mol. The monoisotopic (exact) mass is 401 g/mol. The number of benzene rings is 2. The number of furan rings is 1. The predicted octanol–water partition coefficient (Wildman–Crippen LogP) is 5.23. The molecule has 2 aromatic carbocycles. The Labute approximate surface area is 167 Å². The highest BCUT2D eigenvalue weighted by atomic mass is 35.5. The van der Waals surface area contributed by atoms with E-state index in [9.17, 15) is 4.79 Å². The van der Waals surface area contributed by atoms with Crippen LogP contribution in [0.2, 0.25) is 5.02 Å². The topological polar surface area (TPSA) is 51.5 Å². The Balaban J connectivity index is 2.10. The van der Waals surface area contributed by atoms with Crippen molar-refractivity contribution in [1.82, 2.24) is 5.32 Å². The van der Waals surface area contributed by atoms with Crippen molar-refractivity contribution >= 4 is 51.2 Å². The molecule has 3 rings (SSSR count). The molecule has 27 heavy (non-hydrogen) atoms. The third-order valence-corrected chi connectivity index (χ3v) is 5.39. The van der Waals surface area contributed by atoms with Crippen molar-refractivity contribution in [2.75, 3.05) is 6.26 Å². The summed E-state index contributed by atoms with van der Waals surface area (Å²) in [6.07, 6.45) is 1.92. The van der Waals surface area contributed by atoms with Gasteiger partial charge in [0, 0.05) is 17.3 Å². The highest BCUT2D eigenvalue weighted by Gasteiger charge is 2.35. The molecule has 0 bridgehead atoms. The minimum Gasteiger partial charge on any atom is -0.475 e. The van der Waals surface area contributed by atoms with E-state index >= 15 is 0 Å². The fourth-order valence-electron chi connectivity index (χ4n) is 3.16. The lowest BCUT2D eigenvalue weighted by molar-refractivity contribution is -0.120. The lowest BCUT2D eigenvalue weighted by atomic mass is 10.0. The molecule has 0 saturated heterocycles. The van der Waals surface area contributed by atoms with Crippen molar-refractivity contribution in [2.45, 2.75) is 31.7 Å². The Morgan fingerprint density at radius 2 is 2.11 bits per heavy atom. The number of carbonyl (C=O) groups is 1. The molecule has 6 heteroatoms. The van der Waals surface area contributed by atoms with Gasteiger partial charge in [-0.25, -0.2) is 0 Å². The molecule has 0 spiro atoms. The van der Waals surface area contributed by atoms with E-state index in [0.717, 1.165) is 16.4 Å². The van der Waals surface area contributed by atoms with E-state index < -0.39 is 11.0 Å². The van der Waals surface area contributed by atoms with Crippen molar-refractivity contribution in [1.29, 1.82) is 0 Å². The molecule has 0 fully saturated rings. The highest BCUT2D eigenvalue weighted by molar-refractivity contribution is 7.99. The predicted molar refractivity (Wildman–Crippen MR) is 112 cm³/mol. The molecule has 0 aliphatic heterocycles. The SMILES string of the molecule is CC#CC(C)(NC(C)=O)C(Oc1cccc2oc3ccc(Cl)cc3c12)SC. The van der Waals surface area contributed by atoms with Gasteiger partial charge in [-0.2, -0.15) is 0 Å². The molecule has 1 aromatic heterocycles. The van der Waals surface area contributed by atoms with Gasteiger partial charge in [0.05, 0.1) is 5.39 Å². The maximum Gasteiger partial charge on any atom is 0.218 e. The van der Waals surface area contributed by atoms with Crippen molar-refractivity contribution < 1.29 is 13.9 Å². The van der Waals surface area contributed by atoms with E-state index in [1.165, 1.54) is 18.7 Å². The summed E-state index contributed by atoms with van der Waals surface area (Å²) in [4.78, 5) is 11.7. The normalized spacial score (nSPS) is 14.3. The summed E-state index contributed by atoms with van der Waals surface area (Å²) in [6.45, 7) is 5.07. The standard InChI is InChI=1S/C21H20ClNO3S/c1-5-11-21(3,23-13(2)24)20(27-4)26-18-8-6-7-17-19(18)15-12-14(22)9-10-16(15)25-17/h6-10,12,20H,1-4H3,(H,23,24). The number of thioether (sulfide) groups is 1. The largest absolute Gasteiger partial charge is 0.475 e. The van der Waals surface area contributed by atoms with Gasteiger partial charge < -0.3 is 14.5 Å². The van der Waals surface area contributed by atoms with Gasteiger partial charge in [-0.3, -0.25) is 4.79 Å². The summed E-state index contributed by atoms with van der Waals surface area (Å²) in [6, 6.07) is 11.2.